The summed E-state index contributed by atoms with van der Waals surface area (Å²) in [6.07, 6.45) is 13.3. The van der Waals surface area contributed by atoms with Crippen molar-refractivity contribution in [3.05, 3.63) is 15.6 Å². The maximum absolute atomic E-state index is 6.39. The Kier molecular flexibility index (Phi) is 4.00. The van der Waals surface area contributed by atoms with Gasteiger partial charge in [0.15, 0.2) is 0 Å². The topological polar surface area (TPSA) is 38.9 Å². The number of aromatic nitrogens is 1. The van der Waals surface area contributed by atoms with Crippen LogP contribution in [0.15, 0.2) is 0 Å². The molecule has 18 heavy (non-hydrogen) atoms. The highest BCUT2D eigenvalue weighted by Gasteiger charge is 2.22. The van der Waals surface area contributed by atoms with Crippen LogP contribution < -0.4 is 5.73 Å². The van der Waals surface area contributed by atoms with Crippen molar-refractivity contribution in [3.63, 3.8) is 0 Å². The molecular formula is C15H24N2S. The van der Waals surface area contributed by atoms with Crippen LogP contribution in [0.1, 0.15) is 73.0 Å². The molecule has 2 aliphatic rings. The lowest BCUT2D eigenvalue weighted by atomic mass is 9.85. The molecule has 2 N–H and O–H groups in total. The second-order valence-corrected chi connectivity index (χ2v) is 7.09. The fourth-order valence-electron chi connectivity index (χ4n) is 3.41. The highest BCUT2D eigenvalue weighted by atomic mass is 32.1. The van der Waals surface area contributed by atoms with Crippen LogP contribution in [0, 0.1) is 5.92 Å². The van der Waals surface area contributed by atoms with Gasteiger partial charge >= 0.3 is 0 Å². The fraction of sp³-hybridized carbons (Fsp3) is 0.800. The summed E-state index contributed by atoms with van der Waals surface area (Å²) < 4.78 is 0. The molecule has 2 aliphatic carbocycles. The molecule has 0 aromatic carbocycles. The lowest BCUT2D eigenvalue weighted by Crippen LogP contribution is -2.17. The van der Waals surface area contributed by atoms with Crippen molar-refractivity contribution in [1.82, 2.24) is 4.98 Å². The van der Waals surface area contributed by atoms with Crippen LogP contribution in [0.25, 0.3) is 0 Å². The van der Waals surface area contributed by atoms with Crippen LogP contribution in [0.3, 0.4) is 0 Å². The zero-order chi connectivity index (χ0) is 12.4. The van der Waals surface area contributed by atoms with Crippen molar-refractivity contribution < 1.29 is 0 Å². The molecule has 0 amide bonds. The summed E-state index contributed by atoms with van der Waals surface area (Å²) in [6, 6.07) is 0.198. The van der Waals surface area contributed by atoms with E-state index < -0.39 is 0 Å². The average Bonchev–Trinajstić information content (AvgIpc) is 2.84. The fourth-order valence-corrected chi connectivity index (χ4v) is 4.58. The molecule has 0 aliphatic heterocycles. The Morgan fingerprint density at radius 1 is 1.11 bits per heavy atom. The van der Waals surface area contributed by atoms with E-state index in [1.807, 2.05) is 11.3 Å². The Balaban J connectivity index is 1.64. The van der Waals surface area contributed by atoms with Crippen LogP contribution in [0.4, 0.5) is 0 Å². The summed E-state index contributed by atoms with van der Waals surface area (Å²) >= 11 is 1.90. The molecular weight excluding hydrogens is 240 g/mol. The van der Waals surface area contributed by atoms with E-state index in [0.29, 0.717) is 0 Å². The first-order valence-corrected chi connectivity index (χ1v) is 8.38. The molecule has 1 saturated carbocycles. The first-order valence-electron chi connectivity index (χ1n) is 7.57. The van der Waals surface area contributed by atoms with Gasteiger partial charge in [-0.15, -0.1) is 11.3 Å². The van der Waals surface area contributed by atoms with Gasteiger partial charge in [0.2, 0.25) is 0 Å². The molecule has 1 heterocycles. The molecule has 0 spiro atoms. The second-order valence-electron chi connectivity index (χ2n) is 5.98. The van der Waals surface area contributed by atoms with E-state index in [-0.39, 0.29) is 6.04 Å². The number of nitrogens with two attached hydrogens (primary N) is 1. The standard InChI is InChI=1S/C15H24N2S/c16-12(10-11-6-2-1-3-7-11)15-17-13-8-4-5-9-14(13)18-15/h11-12H,1-10,16H2. The quantitative estimate of drug-likeness (QED) is 0.896. The monoisotopic (exact) mass is 264 g/mol. The van der Waals surface area contributed by atoms with E-state index in [1.165, 1.54) is 73.4 Å². The van der Waals surface area contributed by atoms with Gasteiger partial charge in [0.05, 0.1) is 11.7 Å². The minimum atomic E-state index is 0.198. The van der Waals surface area contributed by atoms with E-state index >= 15 is 0 Å². The van der Waals surface area contributed by atoms with Gasteiger partial charge in [-0.2, -0.15) is 0 Å². The summed E-state index contributed by atoms with van der Waals surface area (Å²) in [5.41, 5.74) is 7.75. The van der Waals surface area contributed by atoms with Crippen LogP contribution in [-0.2, 0) is 12.8 Å². The smallest absolute Gasteiger partial charge is 0.110 e. The molecule has 2 nitrogen and oxygen atoms in total. The molecule has 1 aromatic heterocycles. The molecule has 1 unspecified atom stereocenters. The van der Waals surface area contributed by atoms with Crippen molar-refractivity contribution in [3.8, 4) is 0 Å². The summed E-state index contributed by atoms with van der Waals surface area (Å²) in [6.45, 7) is 0. The van der Waals surface area contributed by atoms with Gasteiger partial charge < -0.3 is 5.73 Å². The van der Waals surface area contributed by atoms with Gasteiger partial charge in [-0.3, -0.25) is 0 Å². The minimum absolute atomic E-state index is 0.198. The van der Waals surface area contributed by atoms with Gasteiger partial charge in [0, 0.05) is 4.88 Å². The number of hydrogen-bond acceptors (Lipinski definition) is 3. The molecule has 0 bridgehead atoms. The van der Waals surface area contributed by atoms with Gasteiger partial charge in [0.1, 0.15) is 5.01 Å². The number of aryl methyl sites for hydroxylation is 2. The maximum atomic E-state index is 6.39. The molecule has 3 rings (SSSR count). The van der Waals surface area contributed by atoms with Crippen LogP contribution >= 0.6 is 11.3 Å². The highest BCUT2D eigenvalue weighted by molar-refractivity contribution is 7.11. The van der Waals surface area contributed by atoms with Gasteiger partial charge in [-0.1, -0.05) is 32.1 Å². The first-order chi connectivity index (χ1) is 8.83. The molecule has 1 fully saturated rings. The maximum Gasteiger partial charge on any atom is 0.110 e. The zero-order valence-corrected chi connectivity index (χ0v) is 12.0. The third-order valence-corrected chi connectivity index (χ3v) is 5.78. The zero-order valence-electron chi connectivity index (χ0n) is 11.2. The normalized spacial score (nSPS) is 22.7. The van der Waals surface area contributed by atoms with E-state index in [9.17, 15) is 0 Å². The van der Waals surface area contributed by atoms with Crippen molar-refractivity contribution >= 4 is 11.3 Å². The lowest BCUT2D eigenvalue weighted by molar-refractivity contribution is 0.319. The molecule has 1 aromatic rings. The SMILES string of the molecule is NC(CC1CCCCC1)c1nc2c(s1)CCCC2. The molecule has 1 atom stereocenters. The van der Waals surface area contributed by atoms with Crippen LogP contribution in [0.5, 0.6) is 0 Å². The van der Waals surface area contributed by atoms with Crippen LogP contribution in [0.2, 0.25) is 0 Å². The molecule has 0 saturated heterocycles. The summed E-state index contributed by atoms with van der Waals surface area (Å²) in [4.78, 5) is 6.33. The van der Waals surface area contributed by atoms with Crippen molar-refractivity contribution in [2.75, 3.05) is 0 Å². The Hall–Kier alpha value is -0.410. The Labute approximate surface area is 114 Å². The van der Waals surface area contributed by atoms with E-state index in [2.05, 4.69) is 0 Å². The molecule has 3 heteroatoms. The summed E-state index contributed by atoms with van der Waals surface area (Å²) in [7, 11) is 0. The average molecular weight is 264 g/mol. The predicted octanol–water partition coefficient (Wildman–Crippen LogP) is 3.99. The number of thiazole rings is 1. The van der Waals surface area contributed by atoms with Crippen molar-refractivity contribution in [1.29, 1.82) is 0 Å². The predicted molar refractivity (Wildman–Crippen MR) is 76.9 cm³/mol. The van der Waals surface area contributed by atoms with Gasteiger partial charge in [-0.05, 0) is 38.0 Å². The third kappa shape index (κ3) is 2.77. The largest absolute Gasteiger partial charge is 0.322 e. The number of rotatable bonds is 3. The second kappa shape index (κ2) is 5.70. The van der Waals surface area contributed by atoms with Crippen LogP contribution in [-0.4, -0.2) is 4.98 Å². The molecule has 100 valence electrons. The van der Waals surface area contributed by atoms with Crippen molar-refractivity contribution in [2.24, 2.45) is 11.7 Å². The summed E-state index contributed by atoms with van der Waals surface area (Å²) in [5.74, 6) is 0.856. The van der Waals surface area contributed by atoms with E-state index in [4.69, 9.17) is 10.7 Å². The van der Waals surface area contributed by atoms with E-state index in [0.717, 1.165) is 12.3 Å². The van der Waals surface area contributed by atoms with E-state index in [1.54, 1.807) is 0 Å². The molecule has 0 radical (unpaired) electrons. The summed E-state index contributed by atoms with van der Waals surface area (Å²) in [5, 5.41) is 1.22. The first kappa shape index (κ1) is 12.6. The number of hydrogen-bond donors (Lipinski definition) is 1. The Bertz CT molecular complexity index is 370. The Morgan fingerprint density at radius 3 is 2.67 bits per heavy atom. The number of fused-ring (bicyclic) bond motifs is 1. The number of nitrogens with zero attached hydrogens (tertiary/aromatic N) is 1. The van der Waals surface area contributed by atoms with Crippen molar-refractivity contribution in [2.45, 2.75) is 70.3 Å². The lowest BCUT2D eigenvalue weighted by Gasteiger charge is -2.23. The minimum Gasteiger partial charge on any atom is -0.322 e. The third-order valence-electron chi connectivity index (χ3n) is 4.49. The Morgan fingerprint density at radius 2 is 1.89 bits per heavy atom. The van der Waals surface area contributed by atoms with Gasteiger partial charge in [0.25, 0.3) is 0 Å². The highest BCUT2D eigenvalue weighted by Crippen LogP contribution is 2.34. The van der Waals surface area contributed by atoms with Gasteiger partial charge in [-0.25, -0.2) is 4.98 Å².